The number of hydrogen-bond donors (Lipinski definition) is 4. The van der Waals surface area contributed by atoms with Gasteiger partial charge in [0.2, 0.25) is 0 Å². The fraction of sp³-hybridized carbons (Fsp3) is 0.133. The molecule has 6 heteroatoms. The number of aromatic hydroxyl groups is 2. The fourth-order valence-corrected chi connectivity index (χ4v) is 1.81. The molecule has 0 aliphatic rings. The molecule has 0 bridgehead atoms. The molecule has 0 saturated heterocycles. The van der Waals surface area contributed by atoms with E-state index in [0.29, 0.717) is 24.6 Å². The Balaban J connectivity index is 2.24. The Labute approximate surface area is 121 Å². The lowest BCUT2D eigenvalue weighted by Crippen LogP contribution is -2.15. The van der Waals surface area contributed by atoms with Crippen molar-refractivity contribution >= 4 is 11.6 Å². The lowest BCUT2D eigenvalue weighted by Gasteiger charge is -2.13. The average Bonchev–Trinajstić information content (AvgIpc) is 2.46. The van der Waals surface area contributed by atoms with E-state index in [4.69, 9.17) is 10.5 Å². The molecule has 2 rings (SSSR count). The maximum absolute atomic E-state index is 12.2. The van der Waals surface area contributed by atoms with Crippen LogP contribution in [0.2, 0.25) is 0 Å². The SMILES string of the molecule is NCCOc1ccccc1NC(=O)c1c(O)cccc1O. The highest BCUT2D eigenvalue weighted by atomic mass is 16.5. The van der Waals surface area contributed by atoms with E-state index in [1.165, 1.54) is 18.2 Å². The van der Waals surface area contributed by atoms with E-state index in [1.54, 1.807) is 24.3 Å². The number of phenols is 2. The molecular formula is C15H16N2O4. The van der Waals surface area contributed by atoms with E-state index in [1.807, 2.05) is 0 Å². The predicted octanol–water partition coefficient (Wildman–Crippen LogP) is 1.69. The molecule has 0 atom stereocenters. The number of benzene rings is 2. The van der Waals surface area contributed by atoms with Gasteiger partial charge in [-0.3, -0.25) is 4.79 Å². The lowest BCUT2D eigenvalue weighted by atomic mass is 10.1. The number of rotatable bonds is 5. The van der Waals surface area contributed by atoms with Crippen molar-refractivity contribution in [2.75, 3.05) is 18.5 Å². The summed E-state index contributed by atoms with van der Waals surface area (Å²) < 4.78 is 5.42. The summed E-state index contributed by atoms with van der Waals surface area (Å²) in [6, 6.07) is 10.9. The van der Waals surface area contributed by atoms with Crippen LogP contribution in [0.5, 0.6) is 17.2 Å². The van der Waals surface area contributed by atoms with Crippen molar-refractivity contribution in [3.63, 3.8) is 0 Å². The molecule has 21 heavy (non-hydrogen) atoms. The molecule has 0 heterocycles. The zero-order chi connectivity index (χ0) is 15.2. The number of amides is 1. The summed E-state index contributed by atoms with van der Waals surface area (Å²) in [5.41, 5.74) is 5.62. The van der Waals surface area contributed by atoms with Gasteiger partial charge in [-0.1, -0.05) is 18.2 Å². The largest absolute Gasteiger partial charge is 0.507 e. The number of anilines is 1. The molecule has 5 N–H and O–H groups in total. The molecule has 6 nitrogen and oxygen atoms in total. The van der Waals surface area contributed by atoms with Crippen LogP contribution in [-0.4, -0.2) is 29.3 Å². The highest BCUT2D eigenvalue weighted by Crippen LogP contribution is 2.29. The normalized spacial score (nSPS) is 10.1. The number of ether oxygens (including phenoxy) is 1. The Hall–Kier alpha value is -2.73. The van der Waals surface area contributed by atoms with Crippen LogP contribution in [0.15, 0.2) is 42.5 Å². The summed E-state index contributed by atoms with van der Waals surface area (Å²) in [7, 11) is 0. The number of carbonyl (C=O) groups is 1. The second-order valence-electron chi connectivity index (χ2n) is 4.26. The molecule has 0 saturated carbocycles. The number of hydrogen-bond acceptors (Lipinski definition) is 5. The first-order valence-corrected chi connectivity index (χ1v) is 6.37. The second kappa shape index (κ2) is 6.62. The first-order valence-electron chi connectivity index (χ1n) is 6.37. The summed E-state index contributed by atoms with van der Waals surface area (Å²) >= 11 is 0. The van der Waals surface area contributed by atoms with Gasteiger partial charge in [0.25, 0.3) is 5.91 Å². The summed E-state index contributed by atoms with van der Waals surface area (Å²) in [6.07, 6.45) is 0. The quantitative estimate of drug-likeness (QED) is 0.670. The highest BCUT2D eigenvalue weighted by Gasteiger charge is 2.17. The van der Waals surface area contributed by atoms with Crippen molar-refractivity contribution < 1.29 is 19.7 Å². The topological polar surface area (TPSA) is 105 Å². The van der Waals surface area contributed by atoms with Crippen LogP contribution in [-0.2, 0) is 0 Å². The molecule has 0 aromatic heterocycles. The Morgan fingerprint density at radius 2 is 1.76 bits per heavy atom. The van der Waals surface area contributed by atoms with Crippen LogP contribution in [0.1, 0.15) is 10.4 Å². The number of para-hydroxylation sites is 2. The smallest absolute Gasteiger partial charge is 0.263 e. The monoisotopic (exact) mass is 288 g/mol. The molecule has 1 amide bonds. The summed E-state index contributed by atoms with van der Waals surface area (Å²) in [6.45, 7) is 0.664. The van der Waals surface area contributed by atoms with E-state index >= 15 is 0 Å². The maximum Gasteiger partial charge on any atom is 0.263 e. The van der Waals surface area contributed by atoms with Crippen molar-refractivity contribution in [2.45, 2.75) is 0 Å². The maximum atomic E-state index is 12.2. The van der Waals surface area contributed by atoms with Gasteiger partial charge in [0.15, 0.2) is 0 Å². The van der Waals surface area contributed by atoms with Gasteiger partial charge < -0.3 is 26.0 Å². The van der Waals surface area contributed by atoms with Crippen LogP contribution in [0, 0.1) is 0 Å². The van der Waals surface area contributed by atoms with Gasteiger partial charge in [-0.05, 0) is 24.3 Å². The van der Waals surface area contributed by atoms with Crippen LogP contribution in [0.25, 0.3) is 0 Å². The number of nitrogens with two attached hydrogens (primary N) is 1. The van der Waals surface area contributed by atoms with Crippen LogP contribution >= 0.6 is 0 Å². The molecule has 110 valence electrons. The van der Waals surface area contributed by atoms with E-state index in [0.717, 1.165) is 0 Å². The van der Waals surface area contributed by atoms with Gasteiger partial charge in [0, 0.05) is 6.54 Å². The second-order valence-corrected chi connectivity index (χ2v) is 4.26. The van der Waals surface area contributed by atoms with Crippen molar-refractivity contribution in [1.29, 1.82) is 0 Å². The standard InChI is InChI=1S/C15H16N2O4/c16-8-9-21-13-7-2-1-4-10(13)17-15(20)14-11(18)5-3-6-12(14)19/h1-7,18-19H,8-9,16H2,(H,17,20). The molecule has 0 spiro atoms. The minimum absolute atomic E-state index is 0.189. The third-order valence-electron chi connectivity index (χ3n) is 2.76. The van der Waals surface area contributed by atoms with Crippen molar-refractivity contribution in [3.8, 4) is 17.2 Å². The zero-order valence-electron chi connectivity index (χ0n) is 11.2. The number of phenolic OH excluding ortho intramolecular Hbond substituents is 2. The Kier molecular flexibility index (Phi) is 4.63. The van der Waals surface area contributed by atoms with Crippen LogP contribution in [0.3, 0.4) is 0 Å². The van der Waals surface area contributed by atoms with Crippen molar-refractivity contribution in [2.24, 2.45) is 5.73 Å². The van der Waals surface area contributed by atoms with Gasteiger partial charge >= 0.3 is 0 Å². The molecule has 0 aliphatic heterocycles. The minimum Gasteiger partial charge on any atom is -0.507 e. The Morgan fingerprint density at radius 1 is 1.10 bits per heavy atom. The lowest BCUT2D eigenvalue weighted by molar-refractivity contribution is 0.102. The Bertz CT molecular complexity index is 623. The molecule has 0 radical (unpaired) electrons. The van der Waals surface area contributed by atoms with Crippen LogP contribution in [0.4, 0.5) is 5.69 Å². The molecule has 0 fully saturated rings. The molecule has 0 aliphatic carbocycles. The van der Waals surface area contributed by atoms with Crippen molar-refractivity contribution in [1.82, 2.24) is 0 Å². The Morgan fingerprint density at radius 3 is 2.43 bits per heavy atom. The molecule has 2 aromatic rings. The van der Waals surface area contributed by atoms with Gasteiger partial charge in [-0.2, -0.15) is 0 Å². The van der Waals surface area contributed by atoms with E-state index in [9.17, 15) is 15.0 Å². The van der Waals surface area contributed by atoms with E-state index in [2.05, 4.69) is 5.32 Å². The predicted molar refractivity (Wildman–Crippen MR) is 78.7 cm³/mol. The highest BCUT2D eigenvalue weighted by molar-refractivity contribution is 6.08. The third-order valence-corrected chi connectivity index (χ3v) is 2.76. The summed E-state index contributed by atoms with van der Waals surface area (Å²) in [4.78, 5) is 12.2. The van der Waals surface area contributed by atoms with Gasteiger partial charge in [0.1, 0.15) is 29.4 Å². The first kappa shape index (κ1) is 14.7. The molecular weight excluding hydrogens is 272 g/mol. The first-order chi connectivity index (χ1) is 10.1. The minimum atomic E-state index is -0.630. The van der Waals surface area contributed by atoms with Gasteiger partial charge in [0.05, 0.1) is 5.69 Å². The molecule has 2 aromatic carbocycles. The van der Waals surface area contributed by atoms with Crippen LogP contribution < -0.4 is 15.8 Å². The van der Waals surface area contributed by atoms with Gasteiger partial charge in [-0.25, -0.2) is 0 Å². The third kappa shape index (κ3) is 3.43. The molecule has 0 unspecified atom stereocenters. The summed E-state index contributed by atoms with van der Waals surface area (Å²) in [5, 5.41) is 22.0. The van der Waals surface area contributed by atoms with E-state index in [-0.39, 0.29) is 17.1 Å². The van der Waals surface area contributed by atoms with Gasteiger partial charge in [-0.15, -0.1) is 0 Å². The zero-order valence-corrected chi connectivity index (χ0v) is 11.2. The summed E-state index contributed by atoms with van der Waals surface area (Å²) in [5.74, 6) is -0.763. The fourth-order valence-electron chi connectivity index (χ4n) is 1.81. The van der Waals surface area contributed by atoms with E-state index < -0.39 is 5.91 Å². The number of nitrogens with one attached hydrogen (secondary N) is 1. The number of carbonyl (C=O) groups excluding carboxylic acids is 1. The average molecular weight is 288 g/mol. The van der Waals surface area contributed by atoms with Crippen molar-refractivity contribution in [3.05, 3.63) is 48.0 Å².